The zero-order valence-corrected chi connectivity index (χ0v) is 14.3. The van der Waals surface area contributed by atoms with E-state index in [1.54, 1.807) is 0 Å². The molecule has 0 aliphatic rings. The van der Waals surface area contributed by atoms with Crippen molar-refractivity contribution in [3.05, 3.63) is 0 Å². The molecule has 0 aliphatic carbocycles. The van der Waals surface area contributed by atoms with Crippen LogP contribution in [0, 0.1) is 11.8 Å². The molecule has 0 aromatic heterocycles. The molecule has 0 aliphatic heterocycles. The molecule has 0 radical (unpaired) electrons. The fourth-order valence-corrected chi connectivity index (χ4v) is 2.62. The van der Waals surface area contributed by atoms with Crippen molar-refractivity contribution in [2.45, 2.75) is 27.7 Å². The number of hydrogen-bond acceptors (Lipinski definition) is 2. The summed E-state index contributed by atoms with van der Waals surface area (Å²) in [5.41, 5.74) is 0. The molecule has 0 fully saturated rings. The molecule has 0 saturated carbocycles. The molecule has 0 heterocycles. The van der Waals surface area contributed by atoms with Gasteiger partial charge in [0.25, 0.3) is 0 Å². The van der Waals surface area contributed by atoms with Crippen LogP contribution < -0.4 is 34.0 Å². The van der Waals surface area contributed by atoms with E-state index in [1.807, 2.05) is 0 Å². The maximum absolute atomic E-state index is 5.39. The summed E-state index contributed by atoms with van der Waals surface area (Å²) >= 11 is -0.924. The molecule has 0 aromatic carbocycles. The number of halogens is 2. The molecule has 0 N–H and O–H groups in total. The fourth-order valence-electron chi connectivity index (χ4n) is 0.443. The van der Waals surface area contributed by atoms with E-state index in [2.05, 4.69) is 27.7 Å². The minimum atomic E-state index is -0.924. The standard InChI is InChI=1S/2C4H9O.2BrH.Zr/c2*1-4(2)3-5;;;/h2*4H,3H2,1-2H3;2*1H;/q2*-1;;;+4/p-2. The first-order chi connectivity index (χ1) is 5.13. The molecule has 0 amide bonds. The third-order valence-electron chi connectivity index (χ3n) is 0.951. The maximum atomic E-state index is 5.39. The van der Waals surface area contributed by atoms with E-state index in [0.29, 0.717) is 11.8 Å². The minimum absolute atomic E-state index is 0. The second-order valence-electron chi connectivity index (χ2n) is 3.49. The molecular weight excluding hydrogens is 379 g/mol. The fraction of sp³-hybridized carbons (Fsp3) is 1.00. The zero-order valence-electron chi connectivity index (χ0n) is 8.64. The van der Waals surface area contributed by atoms with Gasteiger partial charge in [0.05, 0.1) is 0 Å². The van der Waals surface area contributed by atoms with Gasteiger partial charge in [-0.2, -0.15) is 0 Å². The van der Waals surface area contributed by atoms with Crippen LogP contribution in [0.15, 0.2) is 0 Å². The van der Waals surface area contributed by atoms with Crippen LogP contribution in [0.3, 0.4) is 0 Å². The topological polar surface area (TPSA) is 18.5 Å². The van der Waals surface area contributed by atoms with Crippen molar-refractivity contribution in [1.82, 2.24) is 0 Å². The van der Waals surface area contributed by atoms with Crippen molar-refractivity contribution in [2.75, 3.05) is 13.2 Å². The maximum Gasteiger partial charge on any atom is -1.00 e. The molecule has 0 rings (SSSR count). The summed E-state index contributed by atoms with van der Waals surface area (Å²) in [5, 5.41) is 0. The Morgan fingerprint density at radius 3 is 1.38 bits per heavy atom. The van der Waals surface area contributed by atoms with Gasteiger partial charge in [-0.15, -0.1) is 0 Å². The molecule has 0 atom stereocenters. The van der Waals surface area contributed by atoms with Crippen molar-refractivity contribution in [1.29, 1.82) is 0 Å². The zero-order chi connectivity index (χ0) is 8.69. The Hall–Kier alpha value is 1.76. The Labute approximate surface area is 115 Å². The van der Waals surface area contributed by atoms with E-state index in [0.717, 1.165) is 13.2 Å². The van der Waals surface area contributed by atoms with E-state index in [9.17, 15) is 0 Å². The summed E-state index contributed by atoms with van der Waals surface area (Å²) in [5.74, 6) is 1.28. The van der Waals surface area contributed by atoms with Gasteiger partial charge in [-0.1, -0.05) is 0 Å². The second-order valence-corrected chi connectivity index (χ2v) is 5.32. The van der Waals surface area contributed by atoms with Crippen LogP contribution in [-0.2, 0) is 29.7 Å². The third kappa shape index (κ3) is 20.0. The van der Waals surface area contributed by atoms with Gasteiger partial charge in [0, 0.05) is 0 Å². The smallest absolute Gasteiger partial charge is 1.00 e. The van der Waals surface area contributed by atoms with Gasteiger partial charge in [-0.3, -0.25) is 0 Å². The van der Waals surface area contributed by atoms with Gasteiger partial charge in [-0.25, -0.2) is 0 Å². The summed E-state index contributed by atoms with van der Waals surface area (Å²) in [6.45, 7) is 10.3. The van der Waals surface area contributed by atoms with Crippen molar-refractivity contribution in [2.24, 2.45) is 11.8 Å². The van der Waals surface area contributed by atoms with Crippen LogP contribution in [-0.4, -0.2) is 13.2 Å². The molecule has 13 heavy (non-hydrogen) atoms. The first-order valence-corrected chi connectivity index (χ1v) is 6.12. The summed E-state index contributed by atoms with van der Waals surface area (Å²) in [4.78, 5) is 0. The average molecular weight is 397 g/mol. The molecule has 0 bridgehead atoms. The van der Waals surface area contributed by atoms with E-state index in [4.69, 9.17) is 5.63 Å². The van der Waals surface area contributed by atoms with Crippen LogP contribution in [0.25, 0.3) is 0 Å². The quantitative estimate of drug-likeness (QED) is 0.429. The molecular formula is C8H18Br2O2Zr. The van der Waals surface area contributed by atoms with Crippen molar-refractivity contribution in [3.8, 4) is 0 Å². The van der Waals surface area contributed by atoms with E-state index in [1.165, 1.54) is 0 Å². The van der Waals surface area contributed by atoms with Crippen LogP contribution in [0.4, 0.5) is 0 Å². The third-order valence-corrected chi connectivity index (χ3v) is 2.35. The molecule has 0 unspecified atom stereocenters. The van der Waals surface area contributed by atoms with E-state index < -0.39 is 24.1 Å². The van der Waals surface area contributed by atoms with Gasteiger partial charge >= 0.3 is 82.5 Å². The Morgan fingerprint density at radius 1 is 0.846 bits per heavy atom. The van der Waals surface area contributed by atoms with Gasteiger partial charge < -0.3 is 34.0 Å². The first kappa shape index (κ1) is 20.2. The van der Waals surface area contributed by atoms with Crippen LogP contribution in [0.5, 0.6) is 0 Å². The SMILES string of the molecule is CC(C)C[O][Zr+2][O]CC(C)C.[Br-].[Br-]. The Bertz CT molecular complexity index is 82.2. The van der Waals surface area contributed by atoms with Crippen LogP contribution in [0.2, 0.25) is 0 Å². The van der Waals surface area contributed by atoms with Crippen LogP contribution in [0.1, 0.15) is 27.7 Å². The molecule has 80 valence electrons. The molecule has 2 nitrogen and oxygen atoms in total. The average Bonchev–Trinajstić information content (AvgIpc) is 1.85. The largest absolute Gasteiger partial charge is 1.00 e. The molecule has 0 spiro atoms. The van der Waals surface area contributed by atoms with E-state index >= 15 is 0 Å². The Morgan fingerprint density at radius 2 is 1.15 bits per heavy atom. The number of rotatable bonds is 6. The first-order valence-electron chi connectivity index (χ1n) is 4.11. The summed E-state index contributed by atoms with van der Waals surface area (Å²) in [6.07, 6.45) is 0. The van der Waals surface area contributed by atoms with Gasteiger partial charge in [-0.05, 0) is 0 Å². The summed E-state index contributed by atoms with van der Waals surface area (Å²) < 4.78 is 10.8. The predicted octanol–water partition coefficient (Wildman–Crippen LogP) is -3.75. The molecule has 0 aromatic rings. The minimum Gasteiger partial charge on any atom is -1.00 e. The summed E-state index contributed by atoms with van der Waals surface area (Å²) in [7, 11) is 0. The van der Waals surface area contributed by atoms with Crippen molar-refractivity contribution in [3.63, 3.8) is 0 Å². The normalized spacial score (nSPS) is 9.08. The Balaban J connectivity index is -0.000000500. The molecule has 0 saturated heterocycles. The Kier molecular flexibility index (Phi) is 21.4. The molecule has 5 heteroatoms. The van der Waals surface area contributed by atoms with Gasteiger partial charge in [0.1, 0.15) is 0 Å². The monoisotopic (exact) mass is 394 g/mol. The van der Waals surface area contributed by atoms with Crippen molar-refractivity contribution >= 4 is 0 Å². The van der Waals surface area contributed by atoms with Gasteiger partial charge in [0.15, 0.2) is 0 Å². The van der Waals surface area contributed by atoms with Crippen molar-refractivity contribution < 1.29 is 63.7 Å². The predicted molar refractivity (Wildman–Crippen MR) is 41.6 cm³/mol. The number of hydrogen-bond donors (Lipinski definition) is 0. The second kappa shape index (κ2) is 13.8. The van der Waals surface area contributed by atoms with E-state index in [-0.39, 0.29) is 34.0 Å². The van der Waals surface area contributed by atoms with Crippen LogP contribution >= 0.6 is 0 Å². The van der Waals surface area contributed by atoms with Gasteiger partial charge in [0.2, 0.25) is 0 Å². The summed E-state index contributed by atoms with van der Waals surface area (Å²) in [6, 6.07) is 0.